The molecule has 0 aromatic heterocycles. The minimum absolute atomic E-state index is 0.154. The van der Waals surface area contributed by atoms with Crippen molar-refractivity contribution in [1.82, 2.24) is 4.90 Å². The predicted octanol–water partition coefficient (Wildman–Crippen LogP) is 4.80. The first kappa shape index (κ1) is 24.1. The maximum atomic E-state index is 13.3. The third-order valence-corrected chi connectivity index (χ3v) is 5.92. The van der Waals surface area contributed by atoms with E-state index in [4.69, 9.17) is 8.92 Å². The Morgan fingerprint density at radius 1 is 0.970 bits per heavy atom. The molecule has 3 rings (SSSR count). The van der Waals surface area contributed by atoms with Gasteiger partial charge in [-0.05, 0) is 54.4 Å². The zero-order valence-electron chi connectivity index (χ0n) is 18.3. The molecule has 0 aliphatic rings. The Morgan fingerprint density at radius 3 is 2.36 bits per heavy atom. The van der Waals surface area contributed by atoms with Crippen LogP contribution < -0.4 is 14.2 Å². The van der Waals surface area contributed by atoms with Gasteiger partial charge in [-0.15, -0.1) is 0 Å². The van der Waals surface area contributed by atoms with Gasteiger partial charge in [0.15, 0.2) is 0 Å². The lowest BCUT2D eigenvalue weighted by molar-refractivity contribution is 0.206. The molecule has 0 radical (unpaired) electrons. The van der Waals surface area contributed by atoms with Gasteiger partial charge in [-0.2, -0.15) is 8.42 Å². The maximum Gasteiger partial charge on any atom is 0.322 e. The minimum atomic E-state index is -3.68. The molecule has 0 unspecified atom stereocenters. The van der Waals surface area contributed by atoms with Crippen molar-refractivity contribution in [3.05, 3.63) is 89.7 Å². The summed E-state index contributed by atoms with van der Waals surface area (Å²) in [6.07, 6.45) is 0. The first-order valence-corrected chi connectivity index (χ1v) is 11.8. The molecule has 7 nitrogen and oxygen atoms in total. The number of amides is 2. The standard InChI is InChI=1S/C24H25FN2O5S/c1-3-33(29,30)32-21-8-6-7-19(15-21)17-27(16-18-11-13-20(25)14-12-18)24(28)26-22-9-4-5-10-23(22)31-2/h4-15H,3,16-17H2,1-2H3,(H,26,28). The summed E-state index contributed by atoms with van der Waals surface area (Å²) in [5.41, 5.74) is 1.89. The molecule has 0 aliphatic carbocycles. The van der Waals surface area contributed by atoms with Crippen molar-refractivity contribution in [1.29, 1.82) is 0 Å². The summed E-state index contributed by atoms with van der Waals surface area (Å²) in [7, 11) is -2.17. The van der Waals surface area contributed by atoms with Crippen LogP contribution in [0.4, 0.5) is 14.9 Å². The second kappa shape index (κ2) is 10.8. The van der Waals surface area contributed by atoms with E-state index in [2.05, 4.69) is 5.32 Å². The number of benzene rings is 3. The average Bonchev–Trinajstić information content (AvgIpc) is 2.80. The number of halogens is 1. The van der Waals surface area contributed by atoms with Gasteiger partial charge in [-0.25, -0.2) is 9.18 Å². The fourth-order valence-corrected chi connectivity index (χ4v) is 3.59. The molecule has 0 aliphatic heterocycles. The first-order valence-electron chi connectivity index (χ1n) is 10.2. The Kier molecular flexibility index (Phi) is 7.89. The summed E-state index contributed by atoms with van der Waals surface area (Å²) in [5.74, 6) is 0.148. The van der Waals surface area contributed by atoms with E-state index in [9.17, 15) is 17.6 Å². The Labute approximate surface area is 192 Å². The van der Waals surface area contributed by atoms with Gasteiger partial charge in [-0.3, -0.25) is 0 Å². The van der Waals surface area contributed by atoms with Gasteiger partial charge in [0, 0.05) is 13.1 Å². The minimum Gasteiger partial charge on any atom is -0.495 e. The molecule has 0 bridgehead atoms. The van der Waals surface area contributed by atoms with E-state index >= 15 is 0 Å². The van der Waals surface area contributed by atoms with Crippen LogP contribution in [0.2, 0.25) is 0 Å². The number of rotatable bonds is 9. The smallest absolute Gasteiger partial charge is 0.322 e. The molecule has 0 heterocycles. The summed E-state index contributed by atoms with van der Waals surface area (Å²) in [5, 5.41) is 2.84. The molecule has 9 heteroatoms. The van der Waals surface area contributed by atoms with Crippen molar-refractivity contribution in [2.75, 3.05) is 18.2 Å². The molecular weight excluding hydrogens is 447 g/mol. The number of nitrogens with zero attached hydrogens (tertiary/aromatic N) is 1. The van der Waals surface area contributed by atoms with Crippen molar-refractivity contribution >= 4 is 21.8 Å². The fourth-order valence-electron chi connectivity index (χ4n) is 3.07. The molecule has 0 spiro atoms. The molecule has 3 aromatic rings. The topological polar surface area (TPSA) is 84.9 Å². The number of nitrogens with one attached hydrogen (secondary N) is 1. The summed E-state index contributed by atoms with van der Waals surface area (Å²) in [6.45, 7) is 1.84. The molecule has 3 aromatic carbocycles. The highest BCUT2D eigenvalue weighted by Gasteiger charge is 2.18. The summed E-state index contributed by atoms with van der Waals surface area (Å²) in [4.78, 5) is 14.7. The second-order valence-corrected chi connectivity index (χ2v) is 9.05. The van der Waals surface area contributed by atoms with Crippen LogP contribution in [0, 0.1) is 5.82 Å². The van der Waals surface area contributed by atoms with E-state index in [1.165, 1.54) is 37.1 Å². The van der Waals surface area contributed by atoms with Gasteiger partial charge < -0.3 is 19.1 Å². The number of hydrogen-bond acceptors (Lipinski definition) is 5. The highest BCUT2D eigenvalue weighted by atomic mass is 32.2. The zero-order valence-corrected chi connectivity index (χ0v) is 19.1. The number of anilines is 1. The normalized spacial score (nSPS) is 11.0. The van der Waals surface area contributed by atoms with E-state index in [1.54, 1.807) is 54.6 Å². The number of ether oxygens (including phenoxy) is 1. The van der Waals surface area contributed by atoms with E-state index in [1.807, 2.05) is 0 Å². The molecular formula is C24H25FN2O5S. The predicted molar refractivity (Wildman–Crippen MR) is 124 cm³/mol. The molecule has 0 atom stereocenters. The van der Waals surface area contributed by atoms with Gasteiger partial charge >= 0.3 is 16.1 Å². The van der Waals surface area contributed by atoms with Gasteiger partial charge in [0.2, 0.25) is 0 Å². The number of methoxy groups -OCH3 is 1. The molecule has 33 heavy (non-hydrogen) atoms. The average molecular weight is 473 g/mol. The van der Waals surface area contributed by atoms with Crippen molar-refractivity contribution in [3.8, 4) is 11.5 Å². The maximum absolute atomic E-state index is 13.3. The van der Waals surface area contributed by atoms with E-state index in [-0.39, 0.29) is 30.4 Å². The van der Waals surface area contributed by atoms with Gasteiger partial charge in [0.05, 0.1) is 18.6 Å². The van der Waals surface area contributed by atoms with Crippen LogP contribution in [0.25, 0.3) is 0 Å². The van der Waals surface area contributed by atoms with Gasteiger partial charge in [0.1, 0.15) is 17.3 Å². The molecule has 0 saturated carbocycles. The van der Waals surface area contributed by atoms with Crippen LogP contribution >= 0.6 is 0 Å². The molecule has 1 N–H and O–H groups in total. The van der Waals surface area contributed by atoms with Crippen molar-refractivity contribution in [2.45, 2.75) is 20.0 Å². The Bertz CT molecular complexity index is 1200. The van der Waals surface area contributed by atoms with Crippen molar-refractivity contribution < 1.29 is 26.5 Å². The third-order valence-electron chi connectivity index (χ3n) is 4.77. The Hall–Kier alpha value is -3.59. The van der Waals surface area contributed by atoms with Crippen LogP contribution in [-0.2, 0) is 23.2 Å². The number of urea groups is 1. The number of carbonyl (C=O) groups is 1. The molecule has 2 amide bonds. The fraction of sp³-hybridized carbons (Fsp3) is 0.208. The van der Waals surface area contributed by atoms with Gasteiger partial charge in [-0.1, -0.05) is 36.4 Å². The first-order chi connectivity index (χ1) is 15.8. The van der Waals surface area contributed by atoms with Crippen molar-refractivity contribution in [2.24, 2.45) is 0 Å². The van der Waals surface area contributed by atoms with Crippen LogP contribution in [0.3, 0.4) is 0 Å². The number of para-hydroxylation sites is 2. The van der Waals surface area contributed by atoms with Crippen LogP contribution in [0.1, 0.15) is 18.1 Å². The Morgan fingerprint density at radius 2 is 1.67 bits per heavy atom. The van der Waals surface area contributed by atoms with E-state index < -0.39 is 16.1 Å². The lowest BCUT2D eigenvalue weighted by Gasteiger charge is -2.24. The Balaban J connectivity index is 1.85. The SMILES string of the molecule is CCS(=O)(=O)Oc1cccc(CN(Cc2ccc(F)cc2)C(=O)Nc2ccccc2OC)c1. The third kappa shape index (κ3) is 6.95. The lowest BCUT2D eigenvalue weighted by atomic mass is 10.1. The van der Waals surface area contributed by atoms with E-state index in [0.29, 0.717) is 17.0 Å². The zero-order chi connectivity index (χ0) is 23.8. The lowest BCUT2D eigenvalue weighted by Crippen LogP contribution is -2.34. The number of carbonyl (C=O) groups excluding carboxylic acids is 1. The quantitative estimate of drug-likeness (QED) is 0.453. The number of hydrogen-bond donors (Lipinski definition) is 1. The van der Waals surface area contributed by atoms with Crippen molar-refractivity contribution in [3.63, 3.8) is 0 Å². The monoisotopic (exact) mass is 472 g/mol. The van der Waals surface area contributed by atoms with Crippen LogP contribution in [0.15, 0.2) is 72.8 Å². The van der Waals surface area contributed by atoms with Crippen LogP contribution in [-0.4, -0.2) is 32.2 Å². The highest BCUT2D eigenvalue weighted by molar-refractivity contribution is 7.87. The summed E-state index contributed by atoms with van der Waals surface area (Å²) in [6, 6.07) is 19.0. The molecule has 174 valence electrons. The largest absolute Gasteiger partial charge is 0.495 e. The molecule has 0 fully saturated rings. The van der Waals surface area contributed by atoms with Gasteiger partial charge in [0.25, 0.3) is 0 Å². The summed E-state index contributed by atoms with van der Waals surface area (Å²) >= 11 is 0. The summed E-state index contributed by atoms with van der Waals surface area (Å²) < 4.78 is 47.3. The molecule has 0 saturated heterocycles. The highest BCUT2D eigenvalue weighted by Crippen LogP contribution is 2.24. The van der Waals surface area contributed by atoms with Crippen LogP contribution in [0.5, 0.6) is 11.5 Å². The van der Waals surface area contributed by atoms with E-state index in [0.717, 1.165) is 5.56 Å². The second-order valence-electron chi connectivity index (χ2n) is 7.19.